The third kappa shape index (κ3) is 1.82. The number of aliphatic hydroxyl groups is 2. The van der Waals surface area contributed by atoms with Crippen LogP contribution in [-0.2, 0) is 0 Å². The standard InChI is InChI=1S/C11H12N2O2/c14-7-11(8-15)6-12-10(13-11)9-4-2-1-3-5-9/h1-6,14-15H,7-8H2. The highest BCUT2D eigenvalue weighted by atomic mass is 16.3. The average molecular weight is 204 g/mol. The molecular formula is C11H12N2O2. The van der Waals surface area contributed by atoms with Gasteiger partial charge < -0.3 is 10.2 Å². The lowest BCUT2D eigenvalue weighted by Gasteiger charge is -2.15. The molecule has 78 valence electrons. The van der Waals surface area contributed by atoms with Crippen LogP contribution in [0.15, 0.2) is 40.3 Å². The molecule has 2 N–H and O–H groups in total. The topological polar surface area (TPSA) is 65.2 Å². The molecule has 1 aliphatic heterocycles. The summed E-state index contributed by atoms with van der Waals surface area (Å²) in [6, 6.07) is 9.48. The van der Waals surface area contributed by atoms with Crippen LogP contribution >= 0.6 is 0 Å². The summed E-state index contributed by atoms with van der Waals surface area (Å²) in [5.41, 5.74) is -0.0527. The lowest BCUT2D eigenvalue weighted by molar-refractivity contribution is 0.169. The summed E-state index contributed by atoms with van der Waals surface area (Å²) < 4.78 is 0. The maximum Gasteiger partial charge on any atom is 0.155 e. The number of nitrogens with zero attached hydrogens (tertiary/aromatic N) is 2. The van der Waals surface area contributed by atoms with E-state index in [9.17, 15) is 0 Å². The molecule has 4 heteroatoms. The summed E-state index contributed by atoms with van der Waals surface area (Å²) in [4.78, 5) is 8.33. The zero-order valence-corrected chi connectivity index (χ0v) is 8.17. The van der Waals surface area contributed by atoms with Gasteiger partial charge in [-0.3, -0.25) is 0 Å². The van der Waals surface area contributed by atoms with Crippen molar-refractivity contribution < 1.29 is 10.2 Å². The van der Waals surface area contributed by atoms with E-state index < -0.39 is 5.54 Å². The van der Waals surface area contributed by atoms with Crippen molar-refractivity contribution >= 4 is 12.1 Å². The molecule has 1 aromatic rings. The van der Waals surface area contributed by atoms with E-state index >= 15 is 0 Å². The minimum absolute atomic E-state index is 0.233. The molecule has 1 aliphatic rings. The van der Waals surface area contributed by atoms with Crippen molar-refractivity contribution in [3.05, 3.63) is 35.9 Å². The third-order valence-electron chi connectivity index (χ3n) is 2.34. The first-order valence-corrected chi connectivity index (χ1v) is 4.72. The minimum Gasteiger partial charge on any atom is -0.393 e. The van der Waals surface area contributed by atoms with Crippen LogP contribution in [0.1, 0.15) is 5.56 Å². The number of hydrogen-bond acceptors (Lipinski definition) is 4. The van der Waals surface area contributed by atoms with Gasteiger partial charge in [0.1, 0.15) is 5.54 Å². The second kappa shape index (κ2) is 3.92. The summed E-state index contributed by atoms with van der Waals surface area (Å²) in [5, 5.41) is 18.2. The zero-order valence-electron chi connectivity index (χ0n) is 8.17. The summed E-state index contributed by atoms with van der Waals surface area (Å²) in [7, 11) is 0. The van der Waals surface area contributed by atoms with E-state index in [0.717, 1.165) is 5.56 Å². The van der Waals surface area contributed by atoms with Gasteiger partial charge in [0.2, 0.25) is 0 Å². The molecule has 0 spiro atoms. The Morgan fingerprint density at radius 1 is 1.07 bits per heavy atom. The number of hydrogen-bond donors (Lipinski definition) is 2. The van der Waals surface area contributed by atoms with E-state index in [-0.39, 0.29) is 13.2 Å². The summed E-state index contributed by atoms with van der Waals surface area (Å²) in [6.07, 6.45) is 1.50. The van der Waals surface area contributed by atoms with Crippen molar-refractivity contribution in [1.29, 1.82) is 0 Å². The Hall–Kier alpha value is -1.52. The molecule has 0 atom stereocenters. The van der Waals surface area contributed by atoms with Gasteiger partial charge in [-0.15, -0.1) is 0 Å². The number of rotatable bonds is 3. The molecule has 0 unspecified atom stereocenters. The summed E-state index contributed by atoms with van der Waals surface area (Å²) >= 11 is 0. The quantitative estimate of drug-likeness (QED) is 0.740. The van der Waals surface area contributed by atoms with Gasteiger partial charge in [-0.25, -0.2) is 9.98 Å². The molecule has 0 saturated heterocycles. The van der Waals surface area contributed by atoms with Crippen LogP contribution in [0.25, 0.3) is 0 Å². The van der Waals surface area contributed by atoms with Crippen molar-refractivity contribution in [2.45, 2.75) is 5.54 Å². The monoisotopic (exact) mass is 204 g/mol. The molecule has 15 heavy (non-hydrogen) atoms. The maximum atomic E-state index is 9.12. The Bertz CT molecular complexity index is 394. The SMILES string of the molecule is OCC1(CO)C=NC(c2ccccc2)=N1. The number of amidine groups is 1. The fourth-order valence-corrected chi connectivity index (χ4v) is 1.38. The van der Waals surface area contributed by atoms with Crippen molar-refractivity contribution in [3.8, 4) is 0 Å². The lowest BCUT2D eigenvalue weighted by atomic mass is 10.1. The molecule has 0 aliphatic carbocycles. The zero-order chi connectivity index (χ0) is 10.7. The van der Waals surface area contributed by atoms with Crippen molar-refractivity contribution in [3.63, 3.8) is 0 Å². The van der Waals surface area contributed by atoms with Crippen LogP contribution in [0, 0.1) is 0 Å². The van der Waals surface area contributed by atoms with E-state index in [2.05, 4.69) is 9.98 Å². The van der Waals surface area contributed by atoms with Crippen molar-refractivity contribution in [2.75, 3.05) is 13.2 Å². The van der Waals surface area contributed by atoms with Crippen LogP contribution < -0.4 is 0 Å². The van der Waals surface area contributed by atoms with Gasteiger partial charge in [0.15, 0.2) is 5.84 Å². The molecule has 0 fully saturated rings. The van der Waals surface area contributed by atoms with Crippen LogP contribution in [0.4, 0.5) is 0 Å². The second-order valence-corrected chi connectivity index (χ2v) is 3.48. The second-order valence-electron chi connectivity index (χ2n) is 3.48. The van der Waals surface area contributed by atoms with Crippen molar-refractivity contribution in [1.82, 2.24) is 0 Å². The Kier molecular flexibility index (Phi) is 2.62. The highest BCUT2D eigenvalue weighted by Crippen LogP contribution is 2.17. The fraction of sp³-hybridized carbons (Fsp3) is 0.273. The van der Waals surface area contributed by atoms with Gasteiger partial charge in [-0.2, -0.15) is 0 Å². The van der Waals surface area contributed by atoms with E-state index in [4.69, 9.17) is 10.2 Å². The number of aliphatic hydroxyl groups excluding tert-OH is 2. The molecule has 0 bridgehead atoms. The molecule has 2 rings (SSSR count). The van der Waals surface area contributed by atoms with Crippen LogP contribution in [0.2, 0.25) is 0 Å². The van der Waals surface area contributed by atoms with Gasteiger partial charge in [0, 0.05) is 11.8 Å². The molecule has 0 saturated carbocycles. The molecule has 1 aromatic carbocycles. The Morgan fingerprint density at radius 3 is 2.27 bits per heavy atom. The van der Waals surface area contributed by atoms with Crippen LogP contribution in [0.3, 0.4) is 0 Å². The Labute approximate surface area is 87.6 Å². The highest BCUT2D eigenvalue weighted by molar-refractivity contribution is 6.08. The predicted molar refractivity (Wildman–Crippen MR) is 58.4 cm³/mol. The van der Waals surface area contributed by atoms with E-state index in [0.29, 0.717) is 5.84 Å². The van der Waals surface area contributed by atoms with Gasteiger partial charge >= 0.3 is 0 Å². The Morgan fingerprint density at radius 2 is 1.73 bits per heavy atom. The average Bonchev–Trinajstić information content (AvgIpc) is 2.75. The summed E-state index contributed by atoms with van der Waals surface area (Å²) in [6.45, 7) is -0.466. The maximum absolute atomic E-state index is 9.12. The molecule has 0 amide bonds. The van der Waals surface area contributed by atoms with Gasteiger partial charge in [0.25, 0.3) is 0 Å². The molecular weight excluding hydrogens is 192 g/mol. The van der Waals surface area contributed by atoms with Gasteiger partial charge in [-0.05, 0) is 0 Å². The first-order chi connectivity index (χ1) is 7.29. The molecule has 0 radical (unpaired) electrons. The molecule has 0 aromatic heterocycles. The van der Waals surface area contributed by atoms with Crippen molar-refractivity contribution in [2.24, 2.45) is 9.98 Å². The fourth-order valence-electron chi connectivity index (χ4n) is 1.38. The molecule has 1 heterocycles. The van der Waals surface area contributed by atoms with Gasteiger partial charge in [0.05, 0.1) is 13.2 Å². The van der Waals surface area contributed by atoms with E-state index in [1.54, 1.807) is 0 Å². The molecule has 4 nitrogen and oxygen atoms in total. The highest BCUT2D eigenvalue weighted by Gasteiger charge is 2.30. The Balaban J connectivity index is 2.32. The minimum atomic E-state index is -0.939. The predicted octanol–water partition coefficient (Wildman–Crippen LogP) is 0.241. The lowest BCUT2D eigenvalue weighted by Crippen LogP contribution is -2.35. The number of aliphatic imine (C=N–C) groups is 2. The van der Waals surface area contributed by atoms with Crippen LogP contribution in [-0.4, -0.2) is 41.0 Å². The first kappa shape index (κ1) is 10.0. The van der Waals surface area contributed by atoms with E-state index in [1.165, 1.54) is 6.21 Å². The smallest absolute Gasteiger partial charge is 0.155 e. The first-order valence-electron chi connectivity index (χ1n) is 4.72. The largest absolute Gasteiger partial charge is 0.393 e. The normalized spacial score (nSPS) is 17.9. The van der Waals surface area contributed by atoms with Gasteiger partial charge in [-0.1, -0.05) is 30.3 Å². The third-order valence-corrected chi connectivity index (χ3v) is 2.34. The summed E-state index contributed by atoms with van der Waals surface area (Å²) in [5.74, 6) is 0.554. The van der Waals surface area contributed by atoms with E-state index in [1.807, 2.05) is 30.3 Å². The number of benzene rings is 1. The van der Waals surface area contributed by atoms with Crippen LogP contribution in [0.5, 0.6) is 0 Å².